The van der Waals surface area contributed by atoms with Crippen LogP contribution in [0.25, 0.3) is 0 Å². The van der Waals surface area contributed by atoms with Gasteiger partial charge in [-0.3, -0.25) is 9.69 Å². The van der Waals surface area contributed by atoms with Gasteiger partial charge in [-0.15, -0.1) is 10.2 Å². The number of nitrogens with zero attached hydrogens (tertiary/aromatic N) is 6. The Labute approximate surface area is 151 Å². The summed E-state index contributed by atoms with van der Waals surface area (Å²) < 4.78 is 7.54. The van der Waals surface area contributed by atoms with E-state index in [1.54, 1.807) is 0 Å². The molecule has 0 unspecified atom stereocenters. The van der Waals surface area contributed by atoms with Crippen molar-refractivity contribution in [3.05, 3.63) is 23.4 Å². The number of carbonyl (C=O) groups is 1. The molecule has 9 heteroatoms. The Balaban J connectivity index is 1.29. The zero-order chi connectivity index (χ0) is 17.7. The zero-order valence-electron chi connectivity index (χ0n) is 14.9. The number of nitrogens with one attached hydrogen (secondary N) is 1. The topological polar surface area (TPSA) is 102 Å². The summed E-state index contributed by atoms with van der Waals surface area (Å²) in [6, 6.07) is 0.315. The van der Waals surface area contributed by atoms with Crippen LogP contribution in [-0.2, 0) is 13.6 Å². The van der Waals surface area contributed by atoms with Crippen LogP contribution in [0, 0.1) is 0 Å². The average Bonchev–Trinajstić information content (AvgIpc) is 3.50. The fourth-order valence-electron chi connectivity index (χ4n) is 3.63. The maximum absolute atomic E-state index is 12.1. The van der Waals surface area contributed by atoms with E-state index in [2.05, 4.69) is 35.1 Å². The van der Waals surface area contributed by atoms with Crippen molar-refractivity contribution in [2.45, 2.75) is 63.1 Å². The number of hydrogen-bond donors (Lipinski definition) is 1. The number of hydrogen-bond acceptors (Lipinski definition) is 7. The van der Waals surface area contributed by atoms with Crippen LogP contribution in [0.1, 0.15) is 78.6 Å². The maximum atomic E-state index is 12.1. The minimum Gasteiger partial charge on any atom is -0.346 e. The van der Waals surface area contributed by atoms with Crippen LogP contribution >= 0.6 is 0 Å². The van der Waals surface area contributed by atoms with E-state index in [1.807, 2.05) is 7.05 Å². The molecule has 5 rings (SSSR count). The number of rotatable bonds is 6. The van der Waals surface area contributed by atoms with Crippen LogP contribution < -0.4 is 5.32 Å². The van der Waals surface area contributed by atoms with Gasteiger partial charge in [0.1, 0.15) is 11.6 Å². The quantitative estimate of drug-likeness (QED) is 0.831. The molecule has 1 aliphatic heterocycles. The molecule has 2 saturated carbocycles. The molecule has 1 amide bonds. The first-order chi connectivity index (χ1) is 12.7. The van der Waals surface area contributed by atoms with Gasteiger partial charge >= 0.3 is 0 Å². The Bertz CT molecular complexity index is 821. The van der Waals surface area contributed by atoms with E-state index in [0.717, 1.165) is 43.9 Å². The molecule has 1 atom stereocenters. The van der Waals surface area contributed by atoms with Crippen molar-refractivity contribution >= 4 is 5.91 Å². The second-order valence-electron chi connectivity index (χ2n) is 7.64. The Hall–Kier alpha value is -2.29. The van der Waals surface area contributed by atoms with Gasteiger partial charge in [-0.1, -0.05) is 5.16 Å². The molecule has 9 nitrogen and oxygen atoms in total. The molecule has 26 heavy (non-hydrogen) atoms. The zero-order valence-corrected chi connectivity index (χ0v) is 14.9. The first-order valence-electron chi connectivity index (χ1n) is 9.45. The molecule has 0 bridgehead atoms. The number of amides is 1. The van der Waals surface area contributed by atoms with Gasteiger partial charge in [0.2, 0.25) is 5.89 Å². The predicted molar refractivity (Wildman–Crippen MR) is 90.1 cm³/mol. The van der Waals surface area contributed by atoms with Crippen LogP contribution in [0.5, 0.6) is 0 Å². The van der Waals surface area contributed by atoms with Gasteiger partial charge in [-0.25, -0.2) is 0 Å². The van der Waals surface area contributed by atoms with Crippen LogP contribution in [0.3, 0.4) is 0 Å². The molecule has 2 aromatic heterocycles. The lowest BCUT2D eigenvalue weighted by atomic mass is 10.2. The van der Waals surface area contributed by atoms with Crippen LogP contribution in [0.15, 0.2) is 4.52 Å². The molecule has 0 aromatic carbocycles. The molecule has 0 spiro atoms. The van der Waals surface area contributed by atoms with E-state index in [9.17, 15) is 4.79 Å². The Morgan fingerprint density at radius 2 is 2.08 bits per heavy atom. The van der Waals surface area contributed by atoms with Gasteiger partial charge < -0.3 is 14.4 Å². The SMILES string of the molecule is Cn1c(CN2CCC[C@@H]2c2nc(C(=O)NC3CC3)no2)nnc1C1CC1. The van der Waals surface area contributed by atoms with E-state index < -0.39 is 0 Å². The number of carbonyl (C=O) groups excluding carboxylic acids is 1. The number of aromatic nitrogens is 5. The van der Waals surface area contributed by atoms with E-state index >= 15 is 0 Å². The van der Waals surface area contributed by atoms with Crippen molar-refractivity contribution < 1.29 is 9.32 Å². The lowest BCUT2D eigenvalue weighted by Gasteiger charge is -2.20. The molecule has 3 fully saturated rings. The Morgan fingerprint density at radius 3 is 2.85 bits per heavy atom. The van der Waals surface area contributed by atoms with Crippen molar-refractivity contribution in [3.8, 4) is 0 Å². The second-order valence-corrected chi connectivity index (χ2v) is 7.64. The summed E-state index contributed by atoms with van der Waals surface area (Å²) in [5.41, 5.74) is 0. The molecule has 1 N–H and O–H groups in total. The monoisotopic (exact) mass is 357 g/mol. The smallest absolute Gasteiger partial charge is 0.292 e. The summed E-state index contributed by atoms with van der Waals surface area (Å²) in [6.07, 6.45) is 6.50. The van der Waals surface area contributed by atoms with Gasteiger partial charge in [0.05, 0.1) is 12.6 Å². The highest BCUT2D eigenvalue weighted by Gasteiger charge is 2.34. The van der Waals surface area contributed by atoms with Gasteiger partial charge in [-0.05, 0) is 45.1 Å². The maximum Gasteiger partial charge on any atom is 0.292 e. The van der Waals surface area contributed by atoms with Crippen molar-refractivity contribution in [3.63, 3.8) is 0 Å². The first-order valence-corrected chi connectivity index (χ1v) is 9.45. The largest absolute Gasteiger partial charge is 0.346 e. The fraction of sp³-hybridized carbons (Fsp3) is 0.706. The van der Waals surface area contributed by atoms with Crippen molar-refractivity contribution in [1.82, 2.24) is 35.1 Å². The fourth-order valence-corrected chi connectivity index (χ4v) is 3.63. The van der Waals surface area contributed by atoms with Gasteiger partial charge in [0.15, 0.2) is 0 Å². The molecule has 3 heterocycles. The highest BCUT2D eigenvalue weighted by Crippen LogP contribution is 2.39. The molecule has 2 aromatic rings. The molecule has 0 radical (unpaired) electrons. The molecule has 1 saturated heterocycles. The summed E-state index contributed by atoms with van der Waals surface area (Å²) in [5, 5.41) is 15.5. The second kappa shape index (κ2) is 6.15. The summed E-state index contributed by atoms with van der Waals surface area (Å²) >= 11 is 0. The first kappa shape index (κ1) is 15.9. The lowest BCUT2D eigenvalue weighted by molar-refractivity contribution is 0.0937. The van der Waals surface area contributed by atoms with Gasteiger partial charge in [0, 0.05) is 19.0 Å². The Morgan fingerprint density at radius 1 is 1.23 bits per heavy atom. The summed E-state index contributed by atoms with van der Waals surface area (Å²) in [6.45, 7) is 1.65. The molecule has 2 aliphatic carbocycles. The third-order valence-corrected chi connectivity index (χ3v) is 5.49. The highest BCUT2D eigenvalue weighted by molar-refractivity contribution is 5.90. The van der Waals surface area contributed by atoms with Gasteiger partial charge in [-0.2, -0.15) is 4.98 Å². The van der Waals surface area contributed by atoms with E-state index in [4.69, 9.17) is 4.52 Å². The predicted octanol–water partition coefficient (Wildman–Crippen LogP) is 1.30. The third kappa shape index (κ3) is 3.00. The minimum atomic E-state index is -0.241. The summed E-state index contributed by atoms with van der Waals surface area (Å²) in [5.74, 6) is 3.05. The molecule has 3 aliphatic rings. The van der Waals surface area contributed by atoms with Crippen LogP contribution in [0.2, 0.25) is 0 Å². The van der Waals surface area contributed by atoms with E-state index in [1.165, 1.54) is 12.8 Å². The summed E-state index contributed by atoms with van der Waals surface area (Å²) in [4.78, 5) is 18.7. The van der Waals surface area contributed by atoms with E-state index in [-0.39, 0.29) is 23.8 Å². The van der Waals surface area contributed by atoms with Crippen LogP contribution in [-0.4, -0.2) is 48.3 Å². The molecule has 138 valence electrons. The van der Waals surface area contributed by atoms with Crippen molar-refractivity contribution in [2.75, 3.05) is 6.54 Å². The third-order valence-electron chi connectivity index (χ3n) is 5.49. The lowest BCUT2D eigenvalue weighted by Crippen LogP contribution is -2.27. The Kier molecular flexibility index (Phi) is 3.77. The van der Waals surface area contributed by atoms with Crippen molar-refractivity contribution in [2.24, 2.45) is 7.05 Å². The van der Waals surface area contributed by atoms with Crippen LogP contribution in [0.4, 0.5) is 0 Å². The summed E-state index contributed by atoms with van der Waals surface area (Å²) in [7, 11) is 2.04. The molecular formula is C17H23N7O2. The van der Waals surface area contributed by atoms with Crippen molar-refractivity contribution in [1.29, 1.82) is 0 Å². The van der Waals surface area contributed by atoms with E-state index in [0.29, 0.717) is 18.4 Å². The number of likely N-dealkylation sites (tertiary alicyclic amines) is 1. The normalized spacial score (nSPS) is 23.5. The van der Waals surface area contributed by atoms with Gasteiger partial charge in [0.25, 0.3) is 11.7 Å². The average molecular weight is 357 g/mol. The molecular weight excluding hydrogens is 334 g/mol. The minimum absolute atomic E-state index is 0.0334. The highest BCUT2D eigenvalue weighted by atomic mass is 16.5. The standard InChI is InChI=1S/C17H23N7O2/c1-23-13(20-21-15(23)10-4-5-10)9-24-8-2-3-12(24)17-19-14(22-26-17)16(25)18-11-6-7-11/h10-12H,2-9H2,1H3,(H,18,25)/t12-/m1/s1.